The average molecular weight is 341 g/mol. The molecule has 2 N–H and O–H groups in total. The van der Waals surface area contributed by atoms with Gasteiger partial charge in [0.2, 0.25) is 11.8 Å². The van der Waals surface area contributed by atoms with Crippen LogP contribution < -0.4 is 10.6 Å². The van der Waals surface area contributed by atoms with Crippen LogP contribution in [-0.2, 0) is 9.59 Å². The SMILES string of the molecule is CC(C)NC(=O)CN(C)CC(=O)N[C@@H](C)c1cccc2ccccc12. The van der Waals surface area contributed by atoms with Gasteiger partial charge in [0.05, 0.1) is 19.1 Å². The van der Waals surface area contributed by atoms with Gasteiger partial charge in [-0.1, -0.05) is 42.5 Å². The van der Waals surface area contributed by atoms with E-state index in [0.717, 1.165) is 16.3 Å². The van der Waals surface area contributed by atoms with E-state index in [9.17, 15) is 9.59 Å². The summed E-state index contributed by atoms with van der Waals surface area (Å²) in [7, 11) is 1.77. The van der Waals surface area contributed by atoms with Crippen LogP contribution in [0.1, 0.15) is 32.4 Å². The summed E-state index contributed by atoms with van der Waals surface area (Å²) in [6.45, 7) is 6.19. The van der Waals surface area contributed by atoms with Gasteiger partial charge in [0.1, 0.15) is 0 Å². The second kappa shape index (κ2) is 8.62. The Morgan fingerprint density at radius 3 is 2.20 bits per heavy atom. The minimum absolute atomic E-state index is 0.0765. The highest BCUT2D eigenvalue weighted by atomic mass is 16.2. The van der Waals surface area contributed by atoms with Crippen LogP contribution in [0.2, 0.25) is 0 Å². The molecule has 0 aliphatic rings. The fourth-order valence-corrected chi connectivity index (χ4v) is 2.91. The number of likely N-dealkylation sites (N-methyl/N-ethyl adjacent to an activating group) is 1. The molecule has 2 aromatic carbocycles. The van der Waals surface area contributed by atoms with E-state index in [0.29, 0.717) is 0 Å². The van der Waals surface area contributed by atoms with E-state index in [1.54, 1.807) is 11.9 Å². The zero-order valence-corrected chi connectivity index (χ0v) is 15.4. The van der Waals surface area contributed by atoms with Crippen molar-refractivity contribution in [3.63, 3.8) is 0 Å². The van der Waals surface area contributed by atoms with Gasteiger partial charge >= 0.3 is 0 Å². The standard InChI is InChI=1S/C20H27N3O2/c1-14(2)21-19(24)12-23(4)13-20(25)22-15(3)17-11-7-9-16-8-5-6-10-18(16)17/h5-11,14-15H,12-13H2,1-4H3,(H,21,24)(H,22,25)/t15-/m0/s1. The third-order valence-corrected chi connectivity index (χ3v) is 3.94. The van der Waals surface area contributed by atoms with Crippen molar-refractivity contribution in [1.82, 2.24) is 15.5 Å². The number of nitrogens with zero attached hydrogens (tertiary/aromatic N) is 1. The van der Waals surface area contributed by atoms with Crippen molar-refractivity contribution in [2.24, 2.45) is 0 Å². The lowest BCUT2D eigenvalue weighted by Crippen LogP contribution is -2.42. The lowest BCUT2D eigenvalue weighted by molar-refractivity contribution is -0.125. The Kier molecular flexibility index (Phi) is 6.53. The normalized spacial score (nSPS) is 12.4. The largest absolute Gasteiger partial charge is 0.353 e. The predicted molar refractivity (Wildman–Crippen MR) is 101 cm³/mol. The lowest BCUT2D eigenvalue weighted by Gasteiger charge is -2.20. The number of carbonyl (C=O) groups is 2. The molecule has 2 rings (SSSR count). The van der Waals surface area contributed by atoms with Gasteiger partial charge in [0.15, 0.2) is 0 Å². The van der Waals surface area contributed by atoms with E-state index in [1.807, 2.05) is 45.0 Å². The Labute approximate surface area is 149 Å². The molecule has 25 heavy (non-hydrogen) atoms. The number of nitrogens with one attached hydrogen (secondary N) is 2. The van der Waals surface area contributed by atoms with Crippen molar-refractivity contribution in [3.05, 3.63) is 48.0 Å². The van der Waals surface area contributed by atoms with Gasteiger partial charge in [0.25, 0.3) is 0 Å². The molecule has 0 aliphatic carbocycles. The third kappa shape index (κ3) is 5.57. The van der Waals surface area contributed by atoms with Gasteiger partial charge in [0, 0.05) is 6.04 Å². The van der Waals surface area contributed by atoms with E-state index in [4.69, 9.17) is 0 Å². The van der Waals surface area contributed by atoms with E-state index >= 15 is 0 Å². The molecule has 0 bridgehead atoms. The van der Waals surface area contributed by atoms with Crippen LogP contribution in [0.4, 0.5) is 0 Å². The monoisotopic (exact) mass is 341 g/mol. The van der Waals surface area contributed by atoms with E-state index in [-0.39, 0.29) is 37.0 Å². The summed E-state index contributed by atoms with van der Waals surface area (Å²) in [5.74, 6) is -0.173. The quantitative estimate of drug-likeness (QED) is 0.813. The van der Waals surface area contributed by atoms with Crippen LogP contribution in [0.3, 0.4) is 0 Å². The summed E-state index contributed by atoms with van der Waals surface area (Å²) in [5, 5.41) is 8.14. The summed E-state index contributed by atoms with van der Waals surface area (Å²) in [6, 6.07) is 14.2. The van der Waals surface area contributed by atoms with E-state index < -0.39 is 0 Å². The number of carbonyl (C=O) groups excluding carboxylic acids is 2. The molecule has 0 aliphatic heterocycles. The Balaban J connectivity index is 1.94. The molecule has 0 heterocycles. The van der Waals surface area contributed by atoms with Crippen molar-refractivity contribution < 1.29 is 9.59 Å². The van der Waals surface area contributed by atoms with Gasteiger partial charge in [-0.2, -0.15) is 0 Å². The van der Waals surface area contributed by atoms with Crippen LogP contribution >= 0.6 is 0 Å². The minimum Gasteiger partial charge on any atom is -0.353 e. The van der Waals surface area contributed by atoms with Gasteiger partial charge < -0.3 is 10.6 Å². The number of hydrogen-bond acceptors (Lipinski definition) is 3. The topological polar surface area (TPSA) is 61.4 Å². The lowest BCUT2D eigenvalue weighted by atomic mass is 10.00. The molecule has 0 aromatic heterocycles. The van der Waals surface area contributed by atoms with Crippen LogP contribution in [-0.4, -0.2) is 42.9 Å². The van der Waals surface area contributed by atoms with Gasteiger partial charge in [-0.05, 0) is 44.2 Å². The number of amides is 2. The molecule has 0 fully saturated rings. The van der Waals surface area contributed by atoms with Gasteiger partial charge in [-0.15, -0.1) is 0 Å². The molecule has 1 atom stereocenters. The first kappa shape index (κ1) is 18.9. The fourth-order valence-electron chi connectivity index (χ4n) is 2.91. The third-order valence-electron chi connectivity index (χ3n) is 3.94. The van der Waals surface area contributed by atoms with Crippen molar-refractivity contribution in [2.45, 2.75) is 32.9 Å². The first-order chi connectivity index (χ1) is 11.9. The van der Waals surface area contributed by atoms with E-state index in [2.05, 4.69) is 28.8 Å². The summed E-state index contributed by atoms with van der Waals surface area (Å²) in [4.78, 5) is 25.8. The highest BCUT2D eigenvalue weighted by molar-refractivity contribution is 5.87. The highest BCUT2D eigenvalue weighted by Crippen LogP contribution is 2.23. The van der Waals surface area contributed by atoms with Gasteiger partial charge in [-0.25, -0.2) is 0 Å². The van der Waals surface area contributed by atoms with Gasteiger partial charge in [-0.3, -0.25) is 14.5 Å². The number of rotatable bonds is 7. The smallest absolute Gasteiger partial charge is 0.234 e. The van der Waals surface area contributed by atoms with Crippen molar-refractivity contribution in [2.75, 3.05) is 20.1 Å². The zero-order valence-electron chi connectivity index (χ0n) is 15.4. The summed E-state index contributed by atoms with van der Waals surface area (Å²) in [5.41, 5.74) is 1.09. The molecule has 2 aromatic rings. The van der Waals surface area contributed by atoms with Crippen LogP contribution in [0, 0.1) is 0 Å². The van der Waals surface area contributed by atoms with Crippen molar-refractivity contribution >= 4 is 22.6 Å². The number of hydrogen-bond donors (Lipinski definition) is 2. The van der Waals surface area contributed by atoms with Crippen LogP contribution in [0.5, 0.6) is 0 Å². The first-order valence-electron chi connectivity index (χ1n) is 8.61. The van der Waals surface area contributed by atoms with Crippen LogP contribution in [0.25, 0.3) is 10.8 Å². The molecule has 0 unspecified atom stereocenters. The highest BCUT2D eigenvalue weighted by Gasteiger charge is 2.15. The fraction of sp³-hybridized carbons (Fsp3) is 0.400. The molecule has 2 amide bonds. The molecule has 0 saturated heterocycles. The molecule has 134 valence electrons. The number of benzene rings is 2. The number of fused-ring (bicyclic) bond motifs is 1. The molecule has 0 saturated carbocycles. The van der Waals surface area contributed by atoms with Crippen molar-refractivity contribution in [3.8, 4) is 0 Å². The Morgan fingerprint density at radius 2 is 1.52 bits per heavy atom. The Bertz CT molecular complexity index is 737. The van der Waals surface area contributed by atoms with E-state index in [1.165, 1.54) is 0 Å². The molecule has 5 nitrogen and oxygen atoms in total. The zero-order chi connectivity index (χ0) is 18.4. The minimum atomic E-state index is -0.100. The summed E-state index contributed by atoms with van der Waals surface area (Å²) >= 11 is 0. The molecular formula is C20H27N3O2. The average Bonchev–Trinajstić information content (AvgIpc) is 2.52. The predicted octanol–water partition coefficient (Wildman–Crippen LogP) is 2.47. The second-order valence-electron chi connectivity index (χ2n) is 6.75. The van der Waals surface area contributed by atoms with Crippen molar-refractivity contribution in [1.29, 1.82) is 0 Å². The summed E-state index contributed by atoms with van der Waals surface area (Å²) < 4.78 is 0. The molecule has 0 spiro atoms. The maximum Gasteiger partial charge on any atom is 0.234 e. The first-order valence-corrected chi connectivity index (χ1v) is 8.61. The second-order valence-corrected chi connectivity index (χ2v) is 6.75. The maximum atomic E-state index is 12.3. The summed E-state index contributed by atoms with van der Waals surface area (Å²) in [6.07, 6.45) is 0. The van der Waals surface area contributed by atoms with Crippen LogP contribution in [0.15, 0.2) is 42.5 Å². The molecule has 5 heteroatoms. The molecule has 0 radical (unpaired) electrons. The Morgan fingerprint density at radius 1 is 0.920 bits per heavy atom. The Hall–Kier alpha value is -2.40. The molecular weight excluding hydrogens is 314 g/mol. The maximum absolute atomic E-state index is 12.3.